The highest BCUT2D eigenvalue weighted by molar-refractivity contribution is 5.79. The molecule has 1 aromatic rings. The minimum Gasteiger partial charge on any atom is -0.480 e. The molecule has 0 aromatic heterocycles. The van der Waals surface area contributed by atoms with E-state index in [1.165, 1.54) is 6.07 Å². The number of hydrogen-bond donors (Lipinski definition) is 1. The van der Waals surface area contributed by atoms with Gasteiger partial charge in [0, 0.05) is 6.54 Å². The highest BCUT2D eigenvalue weighted by Crippen LogP contribution is 2.35. The molecule has 0 bridgehead atoms. The fourth-order valence-corrected chi connectivity index (χ4v) is 3.07. The smallest absolute Gasteiger partial charge is 0.324 e. The predicted molar refractivity (Wildman–Crippen MR) is 71.3 cm³/mol. The Bertz CT molecular complexity index is 507. The summed E-state index contributed by atoms with van der Waals surface area (Å²) in [6.07, 6.45) is 2.78. The van der Waals surface area contributed by atoms with Gasteiger partial charge in [0.2, 0.25) is 0 Å². The first-order valence-electron chi connectivity index (χ1n) is 6.92. The van der Waals surface area contributed by atoms with Crippen molar-refractivity contribution in [1.29, 1.82) is 0 Å². The van der Waals surface area contributed by atoms with E-state index in [-0.39, 0.29) is 0 Å². The molecule has 0 spiro atoms. The molecule has 1 N–H and O–H groups in total. The maximum absolute atomic E-state index is 13.2. The summed E-state index contributed by atoms with van der Waals surface area (Å²) >= 11 is 0. The molecule has 1 aliphatic heterocycles. The minimum atomic E-state index is -0.891. The van der Waals surface area contributed by atoms with E-state index < -0.39 is 23.1 Å². The van der Waals surface area contributed by atoms with E-state index in [4.69, 9.17) is 0 Å². The van der Waals surface area contributed by atoms with Gasteiger partial charge < -0.3 is 5.11 Å². The molecule has 1 fully saturated rings. The SMILES string of the molecule is CCCC1(C(=O)O)CCCN1Cc1ccc(F)c(F)c1. The molecule has 110 valence electrons. The molecular formula is C15H19F2NO2. The van der Waals surface area contributed by atoms with Gasteiger partial charge in [0.05, 0.1) is 0 Å². The van der Waals surface area contributed by atoms with Gasteiger partial charge in [-0.2, -0.15) is 0 Å². The molecule has 1 aliphatic rings. The molecule has 1 unspecified atom stereocenters. The molecule has 0 radical (unpaired) electrons. The lowest BCUT2D eigenvalue weighted by Crippen LogP contribution is -2.50. The van der Waals surface area contributed by atoms with Gasteiger partial charge in [-0.1, -0.05) is 19.4 Å². The second kappa shape index (κ2) is 5.87. The Morgan fingerprint density at radius 2 is 2.15 bits per heavy atom. The van der Waals surface area contributed by atoms with Crippen LogP contribution < -0.4 is 0 Å². The molecule has 2 rings (SSSR count). The Kier molecular flexibility index (Phi) is 4.38. The summed E-state index contributed by atoms with van der Waals surface area (Å²) in [4.78, 5) is 13.5. The standard InChI is InChI=1S/C15H19F2NO2/c1-2-6-15(14(19)20)7-3-8-18(15)10-11-4-5-12(16)13(17)9-11/h4-5,9H,2-3,6-8,10H2,1H3,(H,19,20). The second-order valence-electron chi connectivity index (χ2n) is 5.36. The van der Waals surface area contributed by atoms with E-state index in [9.17, 15) is 18.7 Å². The summed E-state index contributed by atoms with van der Waals surface area (Å²) in [5.74, 6) is -2.59. The fourth-order valence-electron chi connectivity index (χ4n) is 3.07. The lowest BCUT2D eigenvalue weighted by Gasteiger charge is -2.34. The average molecular weight is 283 g/mol. The Balaban J connectivity index is 2.22. The first kappa shape index (κ1) is 14.9. The first-order chi connectivity index (χ1) is 9.49. The lowest BCUT2D eigenvalue weighted by molar-refractivity contribution is -0.150. The number of carboxylic acid groups (broad SMARTS) is 1. The van der Waals surface area contributed by atoms with Crippen molar-refractivity contribution in [3.8, 4) is 0 Å². The number of benzene rings is 1. The first-order valence-corrected chi connectivity index (χ1v) is 6.92. The van der Waals surface area contributed by atoms with Gasteiger partial charge in [-0.15, -0.1) is 0 Å². The number of nitrogens with zero attached hydrogens (tertiary/aromatic N) is 1. The van der Waals surface area contributed by atoms with E-state index in [2.05, 4.69) is 0 Å². The van der Waals surface area contributed by atoms with Crippen LogP contribution in [0.25, 0.3) is 0 Å². The van der Waals surface area contributed by atoms with Gasteiger partial charge in [0.25, 0.3) is 0 Å². The third-order valence-corrected chi connectivity index (χ3v) is 4.04. The van der Waals surface area contributed by atoms with E-state index in [1.807, 2.05) is 11.8 Å². The van der Waals surface area contributed by atoms with Crippen LogP contribution in [0, 0.1) is 11.6 Å². The number of carbonyl (C=O) groups is 1. The van der Waals surface area contributed by atoms with Crippen molar-refractivity contribution >= 4 is 5.97 Å². The van der Waals surface area contributed by atoms with Crippen LogP contribution >= 0.6 is 0 Å². The molecule has 1 saturated heterocycles. The van der Waals surface area contributed by atoms with Crippen LogP contribution in [0.3, 0.4) is 0 Å². The number of aliphatic carboxylic acids is 1. The molecule has 0 aliphatic carbocycles. The van der Waals surface area contributed by atoms with E-state index >= 15 is 0 Å². The zero-order valence-electron chi connectivity index (χ0n) is 11.5. The van der Waals surface area contributed by atoms with Gasteiger partial charge in [0.15, 0.2) is 11.6 Å². The van der Waals surface area contributed by atoms with Crippen molar-refractivity contribution in [2.45, 2.75) is 44.7 Å². The maximum atomic E-state index is 13.2. The minimum absolute atomic E-state index is 0.337. The second-order valence-corrected chi connectivity index (χ2v) is 5.36. The molecule has 5 heteroatoms. The molecule has 1 heterocycles. The van der Waals surface area contributed by atoms with Crippen LogP contribution in [-0.2, 0) is 11.3 Å². The topological polar surface area (TPSA) is 40.5 Å². The quantitative estimate of drug-likeness (QED) is 0.902. The molecule has 0 saturated carbocycles. The van der Waals surface area contributed by atoms with Crippen LogP contribution in [0.1, 0.15) is 38.2 Å². The molecule has 1 aromatic carbocycles. The predicted octanol–water partition coefficient (Wildman–Crippen LogP) is 3.18. The Morgan fingerprint density at radius 1 is 1.40 bits per heavy atom. The molecular weight excluding hydrogens is 264 g/mol. The third kappa shape index (κ3) is 2.68. The lowest BCUT2D eigenvalue weighted by atomic mass is 9.90. The highest BCUT2D eigenvalue weighted by Gasteiger charge is 2.46. The van der Waals surface area contributed by atoms with Crippen LogP contribution in [0.5, 0.6) is 0 Å². The zero-order valence-corrected chi connectivity index (χ0v) is 11.5. The fraction of sp³-hybridized carbons (Fsp3) is 0.533. The van der Waals surface area contributed by atoms with Crippen molar-refractivity contribution in [2.24, 2.45) is 0 Å². The molecule has 20 heavy (non-hydrogen) atoms. The monoisotopic (exact) mass is 283 g/mol. The number of carboxylic acids is 1. The summed E-state index contributed by atoms with van der Waals surface area (Å²) < 4.78 is 26.2. The number of halogens is 2. The number of likely N-dealkylation sites (tertiary alicyclic amines) is 1. The largest absolute Gasteiger partial charge is 0.480 e. The van der Waals surface area contributed by atoms with Crippen molar-refractivity contribution in [3.63, 3.8) is 0 Å². The van der Waals surface area contributed by atoms with E-state index in [1.54, 1.807) is 0 Å². The summed E-state index contributed by atoms with van der Waals surface area (Å²) in [6, 6.07) is 3.74. The zero-order chi connectivity index (χ0) is 14.8. The Hall–Kier alpha value is -1.49. The van der Waals surface area contributed by atoms with Gasteiger partial charge >= 0.3 is 5.97 Å². The number of hydrogen-bond acceptors (Lipinski definition) is 2. The van der Waals surface area contributed by atoms with Gasteiger partial charge in [-0.05, 0) is 43.5 Å². The summed E-state index contributed by atoms with van der Waals surface area (Å²) in [7, 11) is 0. The Morgan fingerprint density at radius 3 is 2.75 bits per heavy atom. The van der Waals surface area contributed by atoms with E-state index in [0.29, 0.717) is 31.5 Å². The molecule has 0 amide bonds. The van der Waals surface area contributed by atoms with Crippen molar-refractivity contribution in [3.05, 3.63) is 35.4 Å². The van der Waals surface area contributed by atoms with Crippen LogP contribution in [0.2, 0.25) is 0 Å². The van der Waals surface area contributed by atoms with Crippen molar-refractivity contribution in [2.75, 3.05) is 6.54 Å². The number of rotatable bonds is 5. The van der Waals surface area contributed by atoms with E-state index in [0.717, 1.165) is 25.0 Å². The Labute approximate surface area is 117 Å². The van der Waals surface area contributed by atoms with Gasteiger partial charge in [0.1, 0.15) is 5.54 Å². The third-order valence-electron chi connectivity index (χ3n) is 4.04. The summed E-state index contributed by atoms with van der Waals surface area (Å²) in [5, 5.41) is 9.57. The summed E-state index contributed by atoms with van der Waals surface area (Å²) in [5.41, 5.74) is -0.257. The van der Waals surface area contributed by atoms with Gasteiger partial charge in [-0.25, -0.2) is 8.78 Å². The molecule has 3 nitrogen and oxygen atoms in total. The van der Waals surface area contributed by atoms with Crippen molar-refractivity contribution in [1.82, 2.24) is 4.90 Å². The summed E-state index contributed by atoms with van der Waals surface area (Å²) in [6.45, 7) is 2.97. The molecule has 1 atom stereocenters. The van der Waals surface area contributed by atoms with Crippen LogP contribution in [0.4, 0.5) is 8.78 Å². The van der Waals surface area contributed by atoms with Crippen molar-refractivity contribution < 1.29 is 18.7 Å². The normalized spacial score (nSPS) is 23.1. The average Bonchev–Trinajstić information content (AvgIpc) is 2.79. The van der Waals surface area contributed by atoms with Crippen LogP contribution in [-0.4, -0.2) is 28.1 Å². The maximum Gasteiger partial charge on any atom is 0.324 e. The highest BCUT2D eigenvalue weighted by atomic mass is 19.2. The van der Waals surface area contributed by atoms with Crippen LogP contribution in [0.15, 0.2) is 18.2 Å². The van der Waals surface area contributed by atoms with Gasteiger partial charge in [-0.3, -0.25) is 9.69 Å².